The van der Waals surface area contributed by atoms with E-state index in [-0.39, 0.29) is 0 Å². The van der Waals surface area contributed by atoms with Crippen LogP contribution in [-0.4, -0.2) is 0 Å². The molecule has 0 atom stereocenters. The Morgan fingerprint density at radius 2 is 0.667 bits per heavy atom. The molecule has 21 heavy (non-hydrogen) atoms. The van der Waals surface area contributed by atoms with Crippen LogP contribution < -0.4 is 12.1 Å². The normalized spacial score (nSPS) is 13.3. The molecule has 0 N–H and O–H groups in total. The van der Waals surface area contributed by atoms with E-state index >= 15 is 0 Å². The number of hydrogen-bond acceptors (Lipinski definition) is 0. The van der Waals surface area contributed by atoms with Crippen molar-refractivity contribution in [2.24, 2.45) is 0 Å². The van der Waals surface area contributed by atoms with Gasteiger partial charge in [0.05, 0.1) is 0 Å². The van der Waals surface area contributed by atoms with Gasteiger partial charge in [0.25, 0.3) is 0 Å². The standard InChI is InChI=1S/3C6H5.2ClH.Pd/c3*1-2-4-6-5-3-1;;;/h3*1-5H;2*1H;/q;;;;;+2/p-2. The molecular formula is C18H15Cl2Pd. The number of halogens is 2. The molecule has 0 bridgehead atoms. The van der Waals surface area contributed by atoms with Gasteiger partial charge in [0.2, 0.25) is 0 Å². The molecule has 0 aliphatic rings. The first kappa shape index (κ1) is 14.8. The zero-order valence-corrected chi connectivity index (χ0v) is 14.3. The van der Waals surface area contributed by atoms with E-state index in [0.717, 1.165) is 12.1 Å². The fourth-order valence-electron chi connectivity index (χ4n) is 2.08. The van der Waals surface area contributed by atoms with Crippen molar-refractivity contribution in [2.75, 3.05) is 0 Å². The zero-order valence-electron chi connectivity index (χ0n) is 11.2. The minimum absolute atomic E-state index is 0.993. The summed E-state index contributed by atoms with van der Waals surface area (Å²) in [5, 5.41) is 0. The first-order chi connectivity index (χ1) is 10.1. The molecule has 0 aliphatic heterocycles. The van der Waals surface area contributed by atoms with Gasteiger partial charge in [0.1, 0.15) is 0 Å². The molecule has 0 saturated carbocycles. The second-order valence-corrected chi connectivity index (χ2v) is 16.6. The summed E-state index contributed by atoms with van der Waals surface area (Å²) in [7, 11) is 14.6. The van der Waals surface area contributed by atoms with Crippen molar-refractivity contribution >= 4 is 31.2 Å². The molecule has 111 valence electrons. The molecule has 0 fully saturated rings. The van der Waals surface area contributed by atoms with Gasteiger partial charge in [-0.15, -0.1) is 0 Å². The van der Waals surface area contributed by atoms with Gasteiger partial charge in [-0.25, -0.2) is 0 Å². The van der Waals surface area contributed by atoms with E-state index in [4.69, 9.17) is 19.1 Å². The predicted octanol–water partition coefficient (Wildman–Crippen LogP) is 3.96. The van der Waals surface area contributed by atoms with Crippen molar-refractivity contribution in [3.63, 3.8) is 0 Å². The Labute approximate surface area is 134 Å². The van der Waals surface area contributed by atoms with E-state index in [1.807, 2.05) is 91.0 Å². The van der Waals surface area contributed by atoms with E-state index in [9.17, 15) is 0 Å². The maximum atomic E-state index is 7.30. The third kappa shape index (κ3) is 2.45. The molecular weight excluding hydrogens is 394 g/mol. The average molecular weight is 409 g/mol. The average Bonchev–Trinajstić information content (AvgIpc) is 2.57. The quantitative estimate of drug-likeness (QED) is 0.576. The Hall–Kier alpha value is -1.10. The first-order valence-electron chi connectivity index (χ1n) is 6.45. The molecule has 0 heterocycles. The Morgan fingerprint density at radius 3 is 0.905 bits per heavy atom. The first-order valence-corrected chi connectivity index (χ1v) is 12.8. The summed E-state index contributed by atoms with van der Waals surface area (Å²) in [5.41, 5.74) is 0. The number of hydrogen-bond donors (Lipinski definition) is 0. The molecule has 0 radical (unpaired) electrons. The molecule has 0 saturated heterocycles. The Bertz CT molecular complexity index is 622. The summed E-state index contributed by atoms with van der Waals surface area (Å²) >= 11 is -3.85. The van der Waals surface area contributed by atoms with Gasteiger partial charge < -0.3 is 0 Å². The van der Waals surface area contributed by atoms with Crippen molar-refractivity contribution < 1.29 is 12.3 Å². The van der Waals surface area contributed by atoms with E-state index in [0.29, 0.717) is 0 Å². The fraction of sp³-hybridized carbons (Fsp3) is 0. The summed E-state index contributed by atoms with van der Waals surface area (Å²) in [6, 6.07) is 30.0. The number of rotatable bonds is 3. The topological polar surface area (TPSA) is 0 Å². The van der Waals surface area contributed by atoms with Crippen LogP contribution in [-0.2, 0) is 12.3 Å². The molecule has 3 aromatic rings. The van der Waals surface area contributed by atoms with Crippen molar-refractivity contribution in [3.05, 3.63) is 91.0 Å². The molecule has 0 amide bonds. The monoisotopic (exact) mass is 407 g/mol. The molecule has 0 aliphatic carbocycles. The minimum atomic E-state index is -3.85. The van der Waals surface area contributed by atoms with E-state index < -0.39 is 12.3 Å². The second kappa shape index (κ2) is 5.60. The Kier molecular flexibility index (Phi) is 3.95. The van der Waals surface area contributed by atoms with Crippen LogP contribution in [0.5, 0.6) is 0 Å². The van der Waals surface area contributed by atoms with Gasteiger partial charge in [-0.3, -0.25) is 0 Å². The van der Waals surface area contributed by atoms with Crippen LogP contribution in [0.1, 0.15) is 0 Å². The maximum absolute atomic E-state index is 7.30. The Morgan fingerprint density at radius 1 is 0.429 bits per heavy atom. The van der Waals surface area contributed by atoms with Crippen LogP contribution in [0.2, 0.25) is 0 Å². The molecule has 0 nitrogen and oxygen atoms in total. The van der Waals surface area contributed by atoms with Crippen LogP contribution in [0, 0.1) is 0 Å². The Balaban J connectivity index is 2.36. The van der Waals surface area contributed by atoms with Crippen molar-refractivity contribution in [1.29, 1.82) is 0 Å². The van der Waals surface area contributed by atoms with Gasteiger partial charge in [0.15, 0.2) is 0 Å². The third-order valence-corrected chi connectivity index (χ3v) is 14.3. The molecule has 0 unspecified atom stereocenters. The third-order valence-electron chi connectivity index (χ3n) is 3.10. The fourth-order valence-corrected chi connectivity index (χ4v) is 10.1. The zero-order chi connectivity index (χ0) is 14.8. The van der Waals surface area contributed by atoms with E-state index in [1.54, 1.807) is 0 Å². The van der Waals surface area contributed by atoms with E-state index in [2.05, 4.69) is 0 Å². The number of benzene rings is 3. The van der Waals surface area contributed by atoms with Gasteiger partial charge in [-0.2, -0.15) is 0 Å². The summed E-state index contributed by atoms with van der Waals surface area (Å²) in [6.07, 6.45) is 0. The molecule has 0 spiro atoms. The van der Waals surface area contributed by atoms with Gasteiger partial charge in [0, 0.05) is 0 Å². The SMILES string of the molecule is [Cl][Pd]([Cl])([c]1ccccc1)([c]1ccccc1)[c]1ccccc1. The summed E-state index contributed by atoms with van der Waals surface area (Å²) < 4.78 is 2.98. The van der Waals surface area contributed by atoms with Crippen molar-refractivity contribution in [2.45, 2.75) is 0 Å². The molecule has 3 aromatic carbocycles. The van der Waals surface area contributed by atoms with Gasteiger partial charge >= 0.3 is 134 Å². The van der Waals surface area contributed by atoms with Gasteiger partial charge in [-0.1, -0.05) is 0 Å². The van der Waals surface area contributed by atoms with Gasteiger partial charge in [-0.05, 0) is 0 Å². The second-order valence-electron chi connectivity index (χ2n) is 4.42. The predicted molar refractivity (Wildman–Crippen MR) is 89.9 cm³/mol. The van der Waals surface area contributed by atoms with E-state index in [1.165, 1.54) is 0 Å². The molecule has 3 rings (SSSR count). The summed E-state index contributed by atoms with van der Waals surface area (Å²) in [4.78, 5) is 0. The van der Waals surface area contributed by atoms with Crippen LogP contribution in [0.3, 0.4) is 0 Å². The molecule has 0 aromatic heterocycles. The van der Waals surface area contributed by atoms with Crippen LogP contribution >= 0.6 is 19.1 Å². The van der Waals surface area contributed by atoms with Crippen molar-refractivity contribution in [3.8, 4) is 0 Å². The van der Waals surface area contributed by atoms with Crippen LogP contribution in [0.25, 0.3) is 0 Å². The summed E-state index contributed by atoms with van der Waals surface area (Å²) in [6.45, 7) is 0. The van der Waals surface area contributed by atoms with Crippen LogP contribution in [0.15, 0.2) is 91.0 Å². The summed E-state index contributed by atoms with van der Waals surface area (Å²) in [5.74, 6) is 0. The van der Waals surface area contributed by atoms with Crippen LogP contribution in [0.4, 0.5) is 0 Å². The van der Waals surface area contributed by atoms with Crippen molar-refractivity contribution in [1.82, 2.24) is 0 Å². The molecule has 3 heteroatoms.